The van der Waals surface area contributed by atoms with E-state index >= 15 is 0 Å². The van der Waals surface area contributed by atoms with Crippen molar-refractivity contribution in [2.24, 2.45) is 0 Å². The highest BCUT2D eigenvalue weighted by molar-refractivity contribution is 7.10. The number of likely N-dealkylation sites (N-methyl/N-ethyl adjacent to an activating group) is 1. The number of nitrogens with zero attached hydrogens (tertiary/aromatic N) is 2. The number of nitrogen functional groups attached to an aromatic ring is 1. The van der Waals surface area contributed by atoms with Gasteiger partial charge in [-0.2, -0.15) is 4.37 Å². The predicted octanol–water partition coefficient (Wildman–Crippen LogP) is 1.23. The second-order valence-corrected chi connectivity index (χ2v) is 4.56. The van der Waals surface area contributed by atoms with Crippen LogP contribution in [-0.2, 0) is 0 Å². The van der Waals surface area contributed by atoms with Gasteiger partial charge in [-0.15, -0.1) is 0 Å². The van der Waals surface area contributed by atoms with Crippen molar-refractivity contribution in [1.29, 1.82) is 0 Å². The Bertz CT molecular complexity index is 295. The van der Waals surface area contributed by atoms with Crippen LogP contribution < -0.4 is 11.1 Å². The Morgan fingerprint density at radius 1 is 1.71 bits per heavy atom. The zero-order valence-electron chi connectivity index (χ0n) is 8.36. The van der Waals surface area contributed by atoms with Gasteiger partial charge in [0, 0.05) is 25.2 Å². The zero-order chi connectivity index (χ0) is 9.97. The van der Waals surface area contributed by atoms with Gasteiger partial charge in [0.05, 0.1) is 0 Å². The van der Waals surface area contributed by atoms with Crippen molar-refractivity contribution >= 4 is 22.4 Å². The number of rotatable bonds is 5. The third-order valence-corrected chi connectivity index (χ3v) is 3.22. The molecule has 5 heteroatoms. The maximum atomic E-state index is 5.52. The molecule has 0 spiro atoms. The highest BCUT2D eigenvalue weighted by Crippen LogP contribution is 2.25. The van der Waals surface area contributed by atoms with Gasteiger partial charge < -0.3 is 16.0 Å². The quantitative estimate of drug-likeness (QED) is 0.771. The van der Waals surface area contributed by atoms with Gasteiger partial charge in [0.1, 0.15) is 10.8 Å². The Morgan fingerprint density at radius 3 is 3.07 bits per heavy atom. The number of nitrogens with one attached hydrogen (secondary N) is 1. The molecule has 0 bridgehead atoms. The summed E-state index contributed by atoms with van der Waals surface area (Å²) >= 11 is 1.42. The molecule has 1 fully saturated rings. The molecule has 0 unspecified atom stereocenters. The monoisotopic (exact) mass is 212 g/mol. The zero-order valence-corrected chi connectivity index (χ0v) is 9.18. The Labute approximate surface area is 88.3 Å². The topological polar surface area (TPSA) is 54.2 Å². The average molecular weight is 212 g/mol. The maximum absolute atomic E-state index is 5.52. The summed E-state index contributed by atoms with van der Waals surface area (Å²) in [5.41, 5.74) is 5.52. The molecule has 0 saturated heterocycles. The molecular formula is C9H16N4S. The molecule has 0 aromatic carbocycles. The second kappa shape index (κ2) is 4.14. The normalized spacial score (nSPS) is 16.1. The molecule has 0 atom stereocenters. The predicted molar refractivity (Wildman–Crippen MR) is 60.7 cm³/mol. The fourth-order valence-electron chi connectivity index (χ4n) is 1.43. The van der Waals surface area contributed by atoms with Crippen molar-refractivity contribution in [2.75, 3.05) is 31.2 Å². The van der Waals surface area contributed by atoms with E-state index in [-0.39, 0.29) is 0 Å². The third kappa shape index (κ3) is 2.59. The highest BCUT2D eigenvalue weighted by atomic mass is 32.1. The van der Waals surface area contributed by atoms with Crippen molar-refractivity contribution in [1.82, 2.24) is 9.27 Å². The average Bonchev–Trinajstić information content (AvgIpc) is 2.92. The minimum Gasteiger partial charge on any atom is -0.383 e. The van der Waals surface area contributed by atoms with Crippen molar-refractivity contribution in [2.45, 2.75) is 18.9 Å². The maximum Gasteiger partial charge on any atom is 0.139 e. The van der Waals surface area contributed by atoms with Crippen LogP contribution in [0.1, 0.15) is 12.8 Å². The lowest BCUT2D eigenvalue weighted by molar-refractivity contribution is 0.337. The Hall–Kier alpha value is -0.810. The van der Waals surface area contributed by atoms with Crippen LogP contribution in [0, 0.1) is 0 Å². The molecule has 1 heterocycles. The number of nitrogens with two attached hydrogens (primary N) is 1. The first-order valence-corrected chi connectivity index (χ1v) is 5.69. The molecule has 0 aliphatic heterocycles. The van der Waals surface area contributed by atoms with E-state index in [1.165, 1.54) is 24.4 Å². The largest absolute Gasteiger partial charge is 0.383 e. The van der Waals surface area contributed by atoms with Gasteiger partial charge in [0.15, 0.2) is 0 Å². The minimum atomic E-state index is 0.605. The lowest BCUT2D eigenvalue weighted by Crippen LogP contribution is -2.26. The lowest BCUT2D eigenvalue weighted by atomic mass is 10.5. The SMILES string of the molecule is CN(CCNc1cc(N)ns1)C1CC1. The molecule has 0 amide bonds. The van der Waals surface area contributed by atoms with Crippen LogP contribution in [0.25, 0.3) is 0 Å². The Morgan fingerprint density at radius 2 is 2.50 bits per heavy atom. The molecule has 0 radical (unpaired) electrons. The van der Waals surface area contributed by atoms with E-state index in [1.54, 1.807) is 0 Å². The highest BCUT2D eigenvalue weighted by Gasteiger charge is 2.25. The standard InChI is InChI=1S/C9H16N4S/c1-13(7-2-3-7)5-4-11-9-6-8(10)12-14-9/h6-7,11H,2-5H2,1H3,(H2,10,12). The summed E-state index contributed by atoms with van der Waals surface area (Å²) < 4.78 is 4.01. The summed E-state index contributed by atoms with van der Waals surface area (Å²) in [5.74, 6) is 0.605. The third-order valence-electron chi connectivity index (χ3n) is 2.46. The summed E-state index contributed by atoms with van der Waals surface area (Å²) in [6.07, 6.45) is 2.73. The van der Waals surface area contributed by atoms with Gasteiger partial charge in [-0.05, 0) is 31.4 Å². The lowest BCUT2D eigenvalue weighted by Gasteiger charge is -2.15. The van der Waals surface area contributed by atoms with Crippen LogP contribution in [0.4, 0.5) is 10.8 Å². The number of aromatic nitrogens is 1. The molecule has 4 nitrogen and oxygen atoms in total. The van der Waals surface area contributed by atoms with Crippen LogP contribution in [-0.4, -0.2) is 35.5 Å². The minimum absolute atomic E-state index is 0.605. The van der Waals surface area contributed by atoms with Crippen LogP contribution >= 0.6 is 11.5 Å². The van der Waals surface area contributed by atoms with Gasteiger partial charge in [0.2, 0.25) is 0 Å². The molecule has 1 aliphatic carbocycles. The van der Waals surface area contributed by atoms with E-state index in [0.717, 1.165) is 24.1 Å². The molecule has 78 valence electrons. The summed E-state index contributed by atoms with van der Waals surface area (Å²) in [4.78, 5) is 2.40. The van der Waals surface area contributed by atoms with Gasteiger partial charge in [-0.25, -0.2) is 0 Å². The summed E-state index contributed by atoms with van der Waals surface area (Å²) in [6.45, 7) is 2.05. The van der Waals surface area contributed by atoms with Gasteiger partial charge in [-0.3, -0.25) is 0 Å². The fourth-order valence-corrected chi connectivity index (χ4v) is 2.02. The van der Waals surface area contributed by atoms with Crippen LogP contribution in [0.15, 0.2) is 6.07 Å². The van der Waals surface area contributed by atoms with E-state index < -0.39 is 0 Å². The van der Waals surface area contributed by atoms with Crippen LogP contribution in [0.3, 0.4) is 0 Å². The van der Waals surface area contributed by atoms with Crippen LogP contribution in [0.2, 0.25) is 0 Å². The van der Waals surface area contributed by atoms with E-state index in [2.05, 4.69) is 21.6 Å². The van der Waals surface area contributed by atoms with Crippen LogP contribution in [0.5, 0.6) is 0 Å². The number of hydrogen-bond acceptors (Lipinski definition) is 5. The van der Waals surface area contributed by atoms with Crippen molar-refractivity contribution in [3.8, 4) is 0 Å². The smallest absolute Gasteiger partial charge is 0.139 e. The van der Waals surface area contributed by atoms with Crippen molar-refractivity contribution in [3.63, 3.8) is 0 Å². The second-order valence-electron chi connectivity index (χ2n) is 3.75. The van der Waals surface area contributed by atoms with Gasteiger partial charge in [0.25, 0.3) is 0 Å². The van der Waals surface area contributed by atoms with E-state index in [0.29, 0.717) is 5.82 Å². The van der Waals surface area contributed by atoms with E-state index in [4.69, 9.17) is 5.73 Å². The molecule has 1 saturated carbocycles. The summed E-state index contributed by atoms with van der Waals surface area (Å²) in [6, 6.07) is 2.71. The first kappa shape index (κ1) is 9.73. The molecular weight excluding hydrogens is 196 g/mol. The van der Waals surface area contributed by atoms with Crippen molar-refractivity contribution in [3.05, 3.63) is 6.07 Å². The molecule has 1 aliphatic rings. The first-order chi connectivity index (χ1) is 6.75. The number of anilines is 2. The van der Waals surface area contributed by atoms with E-state index in [9.17, 15) is 0 Å². The Kier molecular flexibility index (Phi) is 2.88. The van der Waals surface area contributed by atoms with Gasteiger partial charge in [-0.1, -0.05) is 0 Å². The Balaban J connectivity index is 1.67. The number of hydrogen-bond donors (Lipinski definition) is 2. The van der Waals surface area contributed by atoms with E-state index in [1.807, 2.05) is 6.07 Å². The molecule has 1 aromatic rings. The van der Waals surface area contributed by atoms with Crippen molar-refractivity contribution < 1.29 is 0 Å². The molecule has 2 rings (SSSR count). The summed E-state index contributed by atoms with van der Waals surface area (Å²) in [5, 5.41) is 4.38. The van der Waals surface area contributed by atoms with Gasteiger partial charge >= 0.3 is 0 Å². The first-order valence-electron chi connectivity index (χ1n) is 4.92. The molecule has 1 aromatic heterocycles. The summed E-state index contributed by atoms with van der Waals surface area (Å²) in [7, 11) is 2.18. The molecule has 14 heavy (non-hydrogen) atoms. The fraction of sp³-hybridized carbons (Fsp3) is 0.667. The molecule has 3 N–H and O–H groups in total.